The lowest BCUT2D eigenvalue weighted by Gasteiger charge is -2.24. The van der Waals surface area contributed by atoms with Gasteiger partial charge in [0.25, 0.3) is 5.91 Å². The first-order valence-electron chi connectivity index (χ1n) is 7.07. The number of hydrogen-bond acceptors (Lipinski definition) is 3. The van der Waals surface area contributed by atoms with Crippen molar-refractivity contribution in [2.75, 3.05) is 12.4 Å². The van der Waals surface area contributed by atoms with Crippen LogP contribution in [0.15, 0.2) is 30.6 Å². The van der Waals surface area contributed by atoms with E-state index in [1.165, 1.54) is 0 Å². The fraction of sp³-hybridized carbons (Fsp3) is 0.438. The molecule has 5 heteroatoms. The van der Waals surface area contributed by atoms with Crippen molar-refractivity contribution >= 4 is 28.5 Å². The normalized spacial score (nSPS) is 11.6. The highest BCUT2D eigenvalue weighted by molar-refractivity contribution is 6.17. The third-order valence-electron chi connectivity index (χ3n) is 3.46. The summed E-state index contributed by atoms with van der Waals surface area (Å²) in [5, 5.41) is 2.99. The fourth-order valence-corrected chi connectivity index (χ4v) is 2.36. The Kier molecular flexibility index (Phi) is 5.12. The van der Waals surface area contributed by atoms with Gasteiger partial charge in [-0.15, -0.1) is 11.6 Å². The van der Waals surface area contributed by atoms with Crippen molar-refractivity contribution in [3.63, 3.8) is 0 Å². The van der Waals surface area contributed by atoms with Gasteiger partial charge in [0.1, 0.15) is 5.52 Å². The van der Waals surface area contributed by atoms with E-state index in [1.807, 2.05) is 12.1 Å². The van der Waals surface area contributed by atoms with Gasteiger partial charge in [0.15, 0.2) is 0 Å². The number of benzene rings is 1. The van der Waals surface area contributed by atoms with Crippen LogP contribution in [0.4, 0.5) is 0 Å². The molecule has 112 valence electrons. The van der Waals surface area contributed by atoms with Gasteiger partial charge in [-0.1, -0.05) is 19.9 Å². The molecule has 0 aliphatic rings. The Morgan fingerprint density at radius 1 is 1.29 bits per heavy atom. The first kappa shape index (κ1) is 15.7. The lowest BCUT2D eigenvalue weighted by Crippen LogP contribution is -2.34. The van der Waals surface area contributed by atoms with Crippen LogP contribution in [0.5, 0.6) is 0 Å². The summed E-state index contributed by atoms with van der Waals surface area (Å²) < 4.78 is 0. The fourth-order valence-electron chi connectivity index (χ4n) is 2.22. The predicted octanol–water partition coefficient (Wildman–Crippen LogP) is 3.40. The van der Waals surface area contributed by atoms with Gasteiger partial charge in [0.2, 0.25) is 0 Å². The van der Waals surface area contributed by atoms with Crippen LogP contribution in [-0.2, 0) is 0 Å². The molecule has 0 unspecified atom stereocenters. The molecule has 2 aromatic rings. The van der Waals surface area contributed by atoms with E-state index >= 15 is 0 Å². The molecular formula is C16H20ClN3O. The Balaban J connectivity index is 2.09. The Morgan fingerprint density at radius 2 is 2.05 bits per heavy atom. The smallest absolute Gasteiger partial charge is 0.253 e. The maximum Gasteiger partial charge on any atom is 0.253 e. The first-order chi connectivity index (χ1) is 10.0. The first-order valence-corrected chi connectivity index (χ1v) is 7.61. The van der Waals surface area contributed by atoms with Crippen molar-refractivity contribution in [2.45, 2.75) is 26.7 Å². The molecule has 2 rings (SSSR count). The molecule has 1 aromatic carbocycles. The van der Waals surface area contributed by atoms with E-state index in [-0.39, 0.29) is 11.3 Å². The molecule has 0 saturated carbocycles. The number of rotatable bonds is 6. The second kappa shape index (κ2) is 6.85. The van der Waals surface area contributed by atoms with Crippen LogP contribution < -0.4 is 5.32 Å². The van der Waals surface area contributed by atoms with Gasteiger partial charge < -0.3 is 5.32 Å². The number of halogens is 1. The molecule has 0 bridgehead atoms. The molecule has 0 atom stereocenters. The summed E-state index contributed by atoms with van der Waals surface area (Å²) in [6.07, 6.45) is 5.15. The van der Waals surface area contributed by atoms with Crippen molar-refractivity contribution in [1.29, 1.82) is 0 Å². The average Bonchev–Trinajstić information content (AvgIpc) is 2.50. The molecule has 21 heavy (non-hydrogen) atoms. The number of carbonyl (C=O) groups is 1. The number of hydrogen-bond donors (Lipinski definition) is 1. The van der Waals surface area contributed by atoms with Crippen molar-refractivity contribution in [3.8, 4) is 0 Å². The summed E-state index contributed by atoms with van der Waals surface area (Å²) in [6.45, 7) is 4.87. The maximum absolute atomic E-state index is 12.4. The largest absolute Gasteiger partial charge is 0.351 e. The van der Waals surface area contributed by atoms with Gasteiger partial charge in [-0.2, -0.15) is 0 Å². The zero-order valence-corrected chi connectivity index (χ0v) is 13.2. The molecule has 0 radical (unpaired) electrons. The van der Waals surface area contributed by atoms with Crippen LogP contribution in [0.1, 0.15) is 37.0 Å². The minimum atomic E-state index is -0.111. The molecule has 0 aliphatic carbocycles. The van der Waals surface area contributed by atoms with Crippen LogP contribution >= 0.6 is 11.6 Å². The number of amides is 1. The van der Waals surface area contributed by atoms with Crippen LogP contribution in [0.3, 0.4) is 0 Å². The number of para-hydroxylation sites is 1. The summed E-state index contributed by atoms with van der Waals surface area (Å²) in [7, 11) is 0. The van der Waals surface area contributed by atoms with Crippen molar-refractivity contribution in [1.82, 2.24) is 15.3 Å². The third-order valence-corrected chi connectivity index (χ3v) is 3.73. The minimum absolute atomic E-state index is 0.0286. The molecule has 4 nitrogen and oxygen atoms in total. The molecule has 1 aromatic heterocycles. The molecule has 1 N–H and O–H groups in total. The zero-order chi connectivity index (χ0) is 15.3. The maximum atomic E-state index is 12.4. The van der Waals surface area contributed by atoms with E-state index < -0.39 is 0 Å². The topological polar surface area (TPSA) is 54.9 Å². The SMILES string of the molecule is CC(C)(CCCCl)CNC(=O)c1cccc2nccnc12. The van der Waals surface area contributed by atoms with E-state index in [0.29, 0.717) is 23.5 Å². The van der Waals surface area contributed by atoms with E-state index in [2.05, 4.69) is 29.1 Å². The highest BCUT2D eigenvalue weighted by Gasteiger charge is 2.19. The number of aromatic nitrogens is 2. The molecule has 0 saturated heterocycles. The number of nitrogens with one attached hydrogen (secondary N) is 1. The summed E-state index contributed by atoms with van der Waals surface area (Å²) in [5.74, 6) is 0.538. The van der Waals surface area contributed by atoms with Crippen LogP contribution in [0.25, 0.3) is 11.0 Å². The zero-order valence-electron chi connectivity index (χ0n) is 12.4. The van der Waals surface area contributed by atoms with Crippen LogP contribution in [0, 0.1) is 5.41 Å². The Hall–Kier alpha value is -1.68. The molecule has 0 aliphatic heterocycles. The highest BCUT2D eigenvalue weighted by atomic mass is 35.5. The van der Waals surface area contributed by atoms with E-state index in [1.54, 1.807) is 18.5 Å². The lowest BCUT2D eigenvalue weighted by atomic mass is 9.88. The molecule has 1 amide bonds. The number of carbonyl (C=O) groups excluding carboxylic acids is 1. The van der Waals surface area contributed by atoms with Crippen LogP contribution in [0.2, 0.25) is 0 Å². The average molecular weight is 306 g/mol. The van der Waals surface area contributed by atoms with E-state index in [9.17, 15) is 4.79 Å². The van der Waals surface area contributed by atoms with Crippen molar-refractivity contribution in [2.24, 2.45) is 5.41 Å². The van der Waals surface area contributed by atoms with Gasteiger partial charge >= 0.3 is 0 Å². The van der Waals surface area contributed by atoms with Gasteiger partial charge in [-0.3, -0.25) is 14.8 Å². The lowest BCUT2D eigenvalue weighted by molar-refractivity contribution is 0.0936. The second-order valence-electron chi connectivity index (χ2n) is 5.87. The second-order valence-corrected chi connectivity index (χ2v) is 6.25. The Bertz CT molecular complexity index is 622. The minimum Gasteiger partial charge on any atom is -0.351 e. The Morgan fingerprint density at radius 3 is 2.81 bits per heavy atom. The summed E-state index contributed by atoms with van der Waals surface area (Å²) in [4.78, 5) is 20.8. The molecule has 0 fully saturated rings. The van der Waals surface area contributed by atoms with Gasteiger partial charge in [-0.05, 0) is 30.4 Å². The van der Waals surface area contributed by atoms with Crippen molar-refractivity contribution < 1.29 is 4.79 Å². The third kappa shape index (κ3) is 4.14. The monoisotopic (exact) mass is 305 g/mol. The number of nitrogens with zero attached hydrogens (tertiary/aromatic N) is 2. The summed E-state index contributed by atoms with van der Waals surface area (Å²) in [5.41, 5.74) is 1.96. The standard InChI is InChI=1S/C16H20ClN3O/c1-16(2,7-4-8-17)11-20-15(21)12-5-3-6-13-14(12)19-10-9-18-13/h3,5-6,9-10H,4,7-8,11H2,1-2H3,(H,20,21). The molecule has 0 spiro atoms. The van der Waals surface area contributed by atoms with E-state index in [0.717, 1.165) is 18.4 Å². The summed E-state index contributed by atoms with van der Waals surface area (Å²) >= 11 is 5.73. The van der Waals surface area contributed by atoms with Crippen LogP contribution in [-0.4, -0.2) is 28.3 Å². The molecular weight excluding hydrogens is 286 g/mol. The summed E-state index contributed by atoms with van der Waals surface area (Å²) in [6, 6.07) is 5.45. The number of fused-ring (bicyclic) bond motifs is 1. The quantitative estimate of drug-likeness (QED) is 0.832. The van der Waals surface area contributed by atoms with Gasteiger partial charge in [-0.25, -0.2) is 0 Å². The molecule has 1 heterocycles. The predicted molar refractivity (Wildman–Crippen MR) is 85.6 cm³/mol. The van der Waals surface area contributed by atoms with Gasteiger partial charge in [0.05, 0.1) is 11.1 Å². The van der Waals surface area contributed by atoms with Gasteiger partial charge in [0, 0.05) is 24.8 Å². The Labute approximate surface area is 129 Å². The van der Waals surface area contributed by atoms with Crippen molar-refractivity contribution in [3.05, 3.63) is 36.2 Å². The highest BCUT2D eigenvalue weighted by Crippen LogP contribution is 2.22. The van der Waals surface area contributed by atoms with E-state index in [4.69, 9.17) is 11.6 Å². The number of alkyl halides is 1.